The molecule has 0 radical (unpaired) electrons. The molecule has 0 aliphatic heterocycles. The fourth-order valence-electron chi connectivity index (χ4n) is 6.96. The summed E-state index contributed by atoms with van der Waals surface area (Å²) in [4.78, 5) is 19.9. The van der Waals surface area contributed by atoms with Gasteiger partial charge in [-0.05, 0) is 61.3 Å². The number of rotatable bonds is 10. The molecule has 4 fully saturated rings. The predicted molar refractivity (Wildman–Crippen MR) is 133 cm³/mol. The average Bonchev–Trinajstić information content (AvgIpc) is 2.85. The highest BCUT2D eigenvalue weighted by Crippen LogP contribution is 2.60. The van der Waals surface area contributed by atoms with E-state index in [1.54, 1.807) is 6.07 Å². The third kappa shape index (κ3) is 5.78. The number of aromatic nitrogens is 2. The van der Waals surface area contributed by atoms with Gasteiger partial charge < -0.3 is 26.4 Å². The lowest BCUT2D eigenvalue weighted by Gasteiger charge is -2.60. The van der Waals surface area contributed by atoms with E-state index in [4.69, 9.17) is 5.73 Å². The molecule has 4 aliphatic rings. The van der Waals surface area contributed by atoms with E-state index in [1.165, 1.54) is 24.4 Å². The summed E-state index contributed by atoms with van der Waals surface area (Å²) in [6.07, 6.45) is 2.07. The first-order chi connectivity index (χ1) is 18.1. The fraction of sp³-hybridized carbons (Fsp3) is 0.538. The minimum atomic E-state index is -4.80. The number of nitriles is 1. The van der Waals surface area contributed by atoms with Crippen molar-refractivity contribution < 1.29 is 22.7 Å². The molecule has 1 heterocycles. The Labute approximate surface area is 218 Å². The maximum atomic E-state index is 12.7. The molecule has 6 rings (SSSR count). The monoisotopic (exact) mass is 529 g/mol. The Hall–Kier alpha value is -3.59. The molecule has 202 valence electrons. The van der Waals surface area contributed by atoms with Crippen LogP contribution in [0.25, 0.3) is 0 Å². The Morgan fingerprint density at radius 3 is 2.61 bits per heavy atom. The van der Waals surface area contributed by atoms with E-state index in [9.17, 15) is 23.2 Å². The molecular formula is C26H30F3N7O2. The SMILES string of the molecule is N#Cc1cnc(NCc2ccccc2OC(F)(F)F)nc1NCC12CC3C[C@@H](C1)C(NCC(N)=O)[C@@H](C3)C2. The van der Waals surface area contributed by atoms with Crippen molar-refractivity contribution >= 4 is 17.7 Å². The summed E-state index contributed by atoms with van der Waals surface area (Å²) < 4.78 is 42.3. The van der Waals surface area contributed by atoms with Gasteiger partial charge in [-0.2, -0.15) is 10.2 Å². The van der Waals surface area contributed by atoms with E-state index in [-0.39, 0.29) is 36.1 Å². The van der Waals surface area contributed by atoms with Gasteiger partial charge >= 0.3 is 6.36 Å². The Kier molecular flexibility index (Phi) is 7.05. The van der Waals surface area contributed by atoms with Gasteiger partial charge in [0.15, 0.2) is 0 Å². The van der Waals surface area contributed by atoms with Crippen molar-refractivity contribution in [2.45, 2.75) is 51.1 Å². The van der Waals surface area contributed by atoms with Crippen LogP contribution in [0.5, 0.6) is 5.75 Å². The number of nitrogens with zero attached hydrogens (tertiary/aromatic N) is 3. The smallest absolute Gasteiger partial charge is 0.405 e. The van der Waals surface area contributed by atoms with Crippen molar-refractivity contribution in [2.24, 2.45) is 28.9 Å². The molecule has 1 aromatic heterocycles. The molecule has 2 atom stereocenters. The van der Waals surface area contributed by atoms with Gasteiger partial charge in [0.25, 0.3) is 0 Å². The number of hydrogen-bond acceptors (Lipinski definition) is 8. The predicted octanol–water partition coefficient (Wildman–Crippen LogP) is 3.54. The molecule has 0 spiro atoms. The minimum absolute atomic E-state index is 0.00621. The molecule has 2 aromatic rings. The molecule has 12 heteroatoms. The van der Waals surface area contributed by atoms with Crippen LogP contribution in [0, 0.1) is 34.5 Å². The van der Waals surface area contributed by atoms with Crippen molar-refractivity contribution in [2.75, 3.05) is 23.7 Å². The number of alkyl halides is 3. The van der Waals surface area contributed by atoms with Crippen LogP contribution in [0.2, 0.25) is 0 Å². The first-order valence-corrected chi connectivity index (χ1v) is 12.7. The number of ether oxygens (including phenoxy) is 1. The Morgan fingerprint density at radius 2 is 1.92 bits per heavy atom. The lowest BCUT2D eigenvalue weighted by molar-refractivity contribution is -0.274. The average molecular weight is 530 g/mol. The van der Waals surface area contributed by atoms with Crippen molar-refractivity contribution in [3.8, 4) is 11.8 Å². The summed E-state index contributed by atoms with van der Waals surface area (Å²) >= 11 is 0. The van der Waals surface area contributed by atoms with E-state index in [0.29, 0.717) is 47.3 Å². The number of carbonyl (C=O) groups is 1. The zero-order valence-electron chi connectivity index (χ0n) is 20.7. The second-order valence-corrected chi connectivity index (χ2v) is 10.8. The van der Waals surface area contributed by atoms with Crippen LogP contribution in [0.1, 0.15) is 43.2 Å². The Morgan fingerprint density at radius 1 is 1.18 bits per heavy atom. The molecule has 4 saturated carbocycles. The van der Waals surface area contributed by atoms with Crippen LogP contribution in [0.3, 0.4) is 0 Å². The summed E-state index contributed by atoms with van der Waals surface area (Å²) in [6, 6.07) is 8.27. The molecule has 0 saturated heterocycles. The molecule has 5 N–H and O–H groups in total. The fourth-order valence-corrected chi connectivity index (χ4v) is 6.96. The Bertz CT molecular complexity index is 1220. The number of nitrogens with two attached hydrogens (primary N) is 1. The zero-order chi connectivity index (χ0) is 26.9. The standard InChI is InChI=1S/C26H30F3N7O2/c27-26(28,29)38-20-4-2-1-3-16(20)11-33-24-34-12-19(10-30)23(36-24)35-14-25-7-15-5-17(8-25)22(18(6-15)9-25)32-13-21(31)37/h1-4,12,15,17-18,22,32H,5-9,11,13-14H2,(H2,31,37)(H2,33,34,35,36)/t15?,17-,18-,22?,25?/m0/s1. The number of para-hydroxylation sites is 1. The number of nitrogens with one attached hydrogen (secondary N) is 3. The van der Waals surface area contributed by atoms with Crippen molar-refractivity contribution in [3.63, 3.8) is 0 Å². The van der Waals surface area contributed by atoms with Gasteiger partial charge in [0.2, 0.25) is 11.9 Å². The lowest BCUT2D eigenvalue weighted by atomic mass is 9.48. The van der Waals surface area contributed by atoms with E-state index < -0.39 is 6.36 Å². The van der Waals surface area contributed by atoms with Gasteiger partial charge in [0, 0.05) is 24.7 Å². The van der Waals surface area contributed by atoms with Gasteiger partial charge in [0.1, 0.15) is 23.2 Å². The van der Waals surface area contributed by atoms with E-state index in [2.05, 4.69) is 36.7 Å². The third-order valence-electron chi connectivity index (χ3n) is 8.09. The normalized spacial score (nSPS) is 27.5. The third-order valence-corrected chi connectivity index (χ3v) is 8.09. The second-order valence-electron chi connectivity index (χ2n) is 10.8. The van der Waals surface area contributed by atoms with Crippen LogP contribution < -0.4 is 26.4 Å². The summed E-state index contributed by atoms with van der Waals surface area (Å²) in [7, 11) is 0. The molecule has 0 unspecified atom stereocenters. The topological polar surface area (TPSA) is 138 Å². The van der Waals surface area contributed by atoms with Crippen LogP contribution in [-0.2, 0) is 11.3 Å². The van der Waals surface area contributed by atoms with E-state index in [1.807, 2.05) is 0 Å². The largest absolute Gasteiger partial charge is 0.573 e. The Balaban J connectivity index is 1.25. The number of primary amides is 1. The zero-order valence-corrected chi connectivity index (χ0v) is 20.7. The van der Waals surface area contributed by atoms with Crippen LogP contribution in [0.4, 0.5) is 24.9 Å². The van der Waals surface area contributed by atoms with Gasteiger partial charge in [0.05, 0.1) is 12.7 Å². The van der Waals surface area contributed by atoms with Gasteiger partial charge in [-0.1, -0.05) is 18.2 Å². The quantitative estimate of drug-likeness (QED) is 0.367. The van der Waals surface area contributed by atoms with Crippen LogP contribution >= 0.6 is 0 Å². The van der Waals surface area contributed by atoms with Crippen molar-refractivity contribution in [1.82, 2.24) is 15.3 Å². The van der Waals surface area contributed by atoms with Crippen molar-refractivity contribution in [1.29, 1.82) is 5.26 Å². The van der Waals surface area contributed by atoms with E-state index >= 15 is 0 Å². The summed E-state index contributed by atoms with van der Waals surface area (Å²) in [5.74, 6) is 1.56. The minimum Gasteiger partial charge on any atom is -0.405 e. The molecule has 4 aliphatic carbocycles. The first kappa shape index (κ1) is 26.0. The van der Waals surface area contributed by atoms with Gasteiger partial charge in [-0.3, -0.25) is 4.79 Å². The summed E-state index contributed by atoms with van der Waals surface area (Å²) in [6.45, 7) is 0.862. The highest BCUT2D eigenvalue weighted by Gasteiger charge is 2.55. The first-order valence-electron chi connectivity index (χ1n) is 12.7. The number of hydrogen-bond donors (Lipinski definition) is 4. The highest BCUT2D eigenvalue weighted by atomic mass is 19.4. The lowest BCUT2D eigenvalue weighted by Crippen LogP contribution is -2.60. The van der Waals surface area contributed by atoms with Gasteiger partial charge in [-0.15, -0.1) is 13.2 Å². The molecule has 4 bridgehead atoms. The highest BCUT2D eigenvalue weighted by molar-refractivity contribution is 5.75. The van der Waals surface area contributed by atoms with Crippen LogP contribution in [0.15, 0.2) is 30.5 Å². The van der Waals surface area contributed by atoms with Gasteiger partial charge in [-0.25, -0.2) is 4.98 Å². The summed E-state index contributed by atoms with van der Waals surface area (Å²) in [5, 5.41) is 19.3. The van der Waals surface area contributed by atoms with Crippen molar-refractivity contribution in [3.05, 3.63) is 41.6 Å². The molecule has 9 nitrogen and oxygen atoms in total. The second kappa shape index (κ2) is 10.3. The molecule has 1 amide bonds. The number of anilines is 2. The number of amides is 1. The number of benzene rings is 1. The van der Waals surface area contributed by atoms with Crippen LogP contribution in [-0.4, -0.2) is 41.4 Å². The molecule has 1 aromatic carbocycles. The number of carbonyl (C=O) groups excluding carboxylic acids is 1. The van der Waals surface area contributed by atoms with E-state index in [0.717, 1.165) is 32.1 Å². The molecule has 38 heavy (non-hydrogen) atoms. The maximum Gasteiger partial charge on any atom is 0.573 e. The summed E-state index contributed by atoms with van der Waals surface area (Å²) in [5.41, 5.74) is 6.02. The maximum absolute atomic E-state index is 12.7. The number of halogens is 3. The molecular weight excluding hydrogens is 499 g/mol.